The number of ether oxygens (including phenoxy) is 1. The number of hydrogen-bond donors (Lipinski definition) is 1. The Balaban J connectivity index is 2.32. The maximum Gasteiger partial charge on any atom is 0.0493 e. The summed E-state index contributed by atoms with van der Waals surface area (Å²) in [5, 5.41) is 3.62. The summed E-state index contributed by atoms with van der Waals surface area (Å²) in [7, 11) is 1.84. The van der Waals surface area contributed by atoms with Crippen molar-refractivity contribution >= 4 is 0 Å². The molecule has 2 nitrogen and oxygen atoms in total. The van der Waals surface area contributed by atoms with E-state index >= 15 is 0 Å². The van der Waals surface area contributed by atoms with Gasteiger partial charge in [-0.15, -0.1) is 0 Å². The van der Waals surface area contributed by atoms with Gasteiger partial charge in [-0.25, -0.2) is 0 Å². The third-order valence-electron chi connectivity index (χ3n) is 3.66. The molecule has 1 aliphatic carbocycles. The van der Waals surface area contributed by atoms with Crippen LogP contribution in [0.1, 0.15) is 46.0 Å². The fraction of sp³-hybridized carbons (Fsp3) is 1.00. The summed E-state index contributed by atoms with van der Waals surface area (Å²) < 4.78 is 5.37. The molecule has 0 spiro atoms. The van der Waals surface area contributed by atoms with Crippen LogP contribution in [0.4, 0.5) is 0 Å². The first-order chi connectivity index (χ1) is 7.74. The van der Waals surface area contributed by atoms with E-state index in [0.717, 1.165) is 30.9 Å². The molecule has 0 aliphatic heterocycles. The Morgan fingerprint density at radius 1 is 1.12 bits per heavy atom. The lowest BCUT2D eigenvalue weighted by molar-refractivity contribution is 0.114. The molecule has 2 atom stereocenters. The van der Waals surface area contributed by atoms with Gasteiger partial charge in [0.25, 0.3) is 0 Å². The molecule has 1 fully saturated rings. The molecule has 0 saturated heterocycles. The Morgan fingerprint density at radius 2 is 1.81 bits per heavy atom. The predicted octanol–water partition coefficient (Wildman–Crippen LogP) is 3.07. The summed E-state index contributed by atoms with van der Waals surface area (Å²) in [6.07, 6.45) is 6.98. The number of hydrogen-bond acceptors (Lipinski definition) is 2. The maximum atomic E-state index is 5.37. The van der Waals surface area contributed by atoms with Gasteiger partial charge in [-0.3, -0.25) is 0 Å². The molecule has 2 unspecified atom stereocenters. The van der Waals surface area contributed by atoms with Gasteiger partial charge in [0.05, 0.1) is 0 Å². The summed E-state index contributed by atoms with van der Waals surface area (Å²) in [6, 6.07) is 0. The predicted molar refractivity (Wildman–Crippen MR) is 69.6 cm³/mol. The minimum absolute atomic E-state index is 0.756. The quantitative estimate of drug-likeness (QED) is 0.704. The van der Waals surface area contributed by atoms with E-state index in [-0.39, 0.29) is 0 Å². The first-order valence-electron chi connectivity index (χ1n) is 6.93. The van der Waals surface area contributed by atoms with Crippen LogP contribution in [0.15, 0.2) is 0 Å². The highest BCUT2D eigenvalue weighted by Crippen LogP contribution is 2.28. The second-order valence-corrected chi connectivity index (χ2v) is 5.67. The highest BCUT2D eigenvalue weighted by atomic mass is 16.5. The largest absolute Gasteiger partial charge is 0.384 e. The minimum atomic E-state index is 0.756. The Labute approximate surface area is 101 Å². The molecule has 1 saturated carbocycles. The molecule has 96 valence electrons. The van der Waals surface area contributed by atoms with Crippen molar-refractivity contribution in [2.75, 3.05) is 26.8 Å². The molecule has 1 rings (SSSR count). The van der Waals surface area contributed by atoms with Gasteiger partial charge >= 0.3 is 0 Å². The van der Waals surface area contributed by atoms with Gasteiger partial charge in [0.15, 0.2) is 0 Å². The van der Waals surface area contributed by atoms with Crippen LogP contribution in [0.5, 0.6) is 0 Å². The molecule has 0 amide bonds. The molecule has 1 aliphatic rings. The summed E-state index contributed by atoms with van der Waals surface area (Å²) in [5.74, 6) is 2.38. The van der Waals surface area contributed by atoms with Gasteiger partial charge in [-0.1, -0.05) is 33.1 Å². The van der Waals surface area contributed by atoms with Crippen LogP contribution in [0.25, 0.3) is 0 Å². The van der Waals surface area contributed by atoms with Gasteiger partial charge in [0, 0.05) is 13.7 Å². The van der Waals surface area contributed by atoms with E-state index in [1.807, 2.05) is 7.11 Å². The Hall–Kier alpha value is -0.0800. The van der Waals surface area contributed by atoms with Crippen molar-refractivity contribution in [1.82, 2.24) is 5.32 Å². The van der Waals surface area contributed by atoms with E-state index in [9.17, 15) is 0 Å². The summed E-state index contributed by atoms with van der Waals surface area (Å²) in [5.41, 5.74) is 0. The topological polar surface area (TPSA) is 21.3 Å². The van der Waals surface area contributed by atoms with Crippen molar-refractivity contribution in [3.63, 3.8) is 0 Å². The van der Waals surface area contributed by atoms with Crippen LogP contribution in [0.2, 0.25) is 0 Å². The van der Waals surface area contributed by atoms with Gasteiger partial charge in [0.2, 0.25) is 0 Å². The fourth-order valence-electron chi connectivity index (χ4n) is 2.72. The van der Waals surface area contributed by atoms with Crippen molar-refractivity contribution in [3.8, 4) is 0 Å². The van der Waals surface area contributed by atoms with Gasteiger partial charge in [-0.2, -0.15) is 0 Å². The molecule has 0 bridgehead atoms. The normalized spacial score (nSPS) is 27.0. The van der Waals surface area contributed by atoms with Crippen molar-refractivity contribution in [2.45, 2.75) is 46.0 Å². The molecule has 0 aromatic carbocycles. The second kappa shape index (κ2) is 8.08. The first-order valence-corrected chi connectivity index (χ1v) is 6.93. The van der Waals surface area contributed by atoms with Crippen molar-refractivity contribution in [3.05, 3.63) is 0 Å². The fourth-order valence-corrected chi connectivity index (χ4v) is 2.72. The summed E-state index contributed by atoms with van der Waals surface area (Å²) in [4.78, 5) is 0. The van der Waals surface area contributed by atoms with Crippen LogP contribution >= 0.6 is 0 Å². The molecule has 2 heteroatoms. The van der Waals surface area contributed by atoms with Gasteiger partial charge in [0.1, 0.15) is 0 Å². The zero-order valence-electron chi connectivity index (χ0n) is 11.3. The van der Waals surface area contributed by atoms with Crippen LogP contribution in [-0.2, 0) is 4.74 Å². The first kappa shape index (κ1) is 14.0. The molecule has 0 aromatic heterocycles. The highest BCUT2D eigenvalue weighted by Gasteiger charge is 2.23. The van der Waals surface area contributed by atoms with Gasteiger partial charge < -0.3 is 10.1 Å². The van der Waals surface area contributed by atoms with Crippen molar-refractivity contribution in [1.29, 1.82) is 0 Å². The second-order valence-electron chi connectivity index (χ2n) is 5.67. The lowest BCUT2D eigenvalue weighted by Gasteiger charge is -2.25. The SMILES string of the molecule is COCC1CCCCCC1CNCC(C)C. The van der Waals surface area contributed by atoms with Crippen LogP contribution in [0, 0.1) is 17.8 Å². The van der Waals surface area contributed by atoms with E-state index in [0.29, 0.717) is 0 Å². The zero-order chi connectivity index (χ0) is 11.8. The van der Waals surface area contributed by atoms with Crippen molar-refractivity contribution < 1.29 is 4.74 Å². The van der Waals surface area contributed by atoms with E-state index in [2.05, 4.69) is 19.2 Å². The third kappa shape index (κ3) is 5.31. The molecular weight excluding hydrogens is 198 g/mol. The maximum absolute atomic E-state index is 5.37. The van der Waals surface area contributed by atoms with E-state index in [4.69, 9.17) is 4.74 Å². The van der Waals surface area contributed by atoms with Gasteiger partial charge in [-0.05, 0) is 43.7 Å². The lowest BCUT2D eigenvalue weighted by Crippen LogP contribution is -2.31. The van der Waals surface area contributed by atoms with E-state index < -0.39 is 0 Å². The third-order valence-corrected chi connectivity index (χ3v) is 3.66. The molecule has 1 N–H and O–H groups in total. The van der Waals surface area contributed by atoms with Crippen molar-refractivity contribution in [2.24, 2.45) is 17.8 Å². The average Bonchev–Trinajstić information content (AvgIpc) is 2.45. The minimum Gasteiger partial charge on any atom is -0.384 e. The Morgan fingerprint density at radius 3 is 2.44 bits per heavy atom. The monoisotopic (exact) mass is 227 g/mol. The number of rotatable bonds is 6. The van der Waals surface area contributed by atoms with Crippen LogP contribution < -0.4 is 5.32 Å². The Bertz CT molecular complexity index is 170. The Kier molecular flexibility index (Phi) is 7.06. The van der Waals surface area contributed by atoms with Crippen LogP contribution in [0.3, 0.4) is 0 Å². The molecular formula is C14H29NO. The molecule has 0 radical (unpaired) electrons. The van der Waals surface area contributed by atoms with E-state index in [1.165, 1.54) is 38.6 Å². The molecule has 0 heterocycles. The highest BCUT2D eigenvalue weighted by molar-refractivity contribution is 4.75. The number of nitrogens with one attached hydrogen (secondary N) is 1. The zero-order valence-corrected chi connectivity index (χ0v) is 11.3. The molecule has 16 heavy (non-hydrogen) atoms. The summed E-state index contributed by atoms with van der Waals surface area (Å²) in [6.45, 7) is 7.83. The smallest absolute Gasteiger partial charge is 0.0493 e. The standard InChI is InChI=1S/C14H29NO/c1-12(2)9-15-10-13-7-5-4-6-8-14(13)11-16-3/h12-15H,4-11H2,1-3H3. The average molecular weight is 227 g/mol. The lowest BCUT2D eigenvalue weighted by atomic mass is 9.88. The molecule has 0 aromatic rings. The number of methoxy groups -OCH3 is 1. The summed E-state index contributed by atoms with van der Waals surface area (Å²) >= 11 is 0. The van der Waals surface area contributed by atoms with Crippen LogP contribution in [-0.4, -0.2) is 26.8 Å². The van der Waals surface area contributed by atoms with E-state index in [1.54, 1.807) is 0 Å².